The molecule has 0 saturated carbocycles. The van der Waals surface area contributed by atoms with Crippen molar-refractivity contribution in [1.82, 2.24) is 10.2 Å². The highest BCUT2D eigenvalue weighted by Crippen LogP contribution is 2.39. The first-order chi connectivity index (χ1) is 14.5. The van der Waals surface area contributed by atoms with E-state index in [9.17, 15) is 14.0 Å². The van der Waals surface area contributed by atoms with Crippen molar-refractivity contribution in [3.05, 3.63) is 64.3 Å². The minimum atomic E-state index is -0.375. The topological polar surface area (TPSA) is 61.4 Å². The number of carbonyl (C=O) groups excluding carboxylic acids is 2. The number of carbonyl (C=O) groups is 2. The van der Waals surface area contributed by atoms with E-state index >= 15 is 0 Å². The fourth-order valence-corrected chi connectivity index (χ4v) is 4.81. The van der Waals surface area contributed by atoms with Gasteiger partial charge in [0.05, 0.1) is 10.6 Å². The van der Waals surface area contributed by atoms with Gasteiger partial charge in [0.1, 0.15) is 5.82 Å². The quantitative estimate of drug-likeness (QED) is 0.708. The van der Waals surface area contributed by atoms with Crippen LogP contribution in [-0.4, -0.2) is 42.4 Å². The lowest BCUT2D eigenvalue weighted by molar-refractivity contribution is -0.112. The summed E-state index contributed by atoms with van der Waals surface area (Å²) in [5, 5.41) is 5.84. The highest BCUT2D eigenvalue weighted by Gasteiger charge is 2.25. The molecule has 4 rings (SSSR count). The summed E-state index contributed by atoms with van der Waals surface area (Å²) in [6.07, 6.45) is 3.81. The molecule has 2 aliphatic heterocycles. The number of rotatable bonds is 5. The molecular weight excluding hydrogens is 401 g/mol. The zero-order chi connectivity index (χ0) is 21.1. The Morgan fingerprint density at radius 2 is 2.17 bits per heavy atom. The van der Waals surface area contributed by atoms with Crippen molar-refractivity contribution in [3.63, 3.8) is 0 Å². The van der Waals surface area contributed by atoms with Crippen LogP contribution in [0.25, 0.3) is 6.08 Å². The van der Waals surface area contributed by atoms with Crippen LogP contribution in [0.5, 0.6) is 0 Å². The molecule has 2 aromatic rings. The summed E-state index contributed by atoms with van der Waals surface area (Å²) in [6, 6.07) is 12.0. The predicted octanol–water partition coefficient (Wildman–Crippen LogP) is 4.13. The molecule has 1 fully saturated rings. The third-order valence-corrected chi connectivity index (χ3v) is 6.63. The summed E-state index contributed by atoms with van der Waals surface area (Å²) in [5.74, 6) is -0.828. The van der Waals surface area contributed by atoms with Gasteiger partial charge in [-0.25, -0.2) is 4.39 Å². The molecule has 0 unspecified atom stereocenters. The zero-order valence-electron chi connectivity index (χ0n) is 16.8. The van der Waals surface area contributed by atoms with Crippen molar-refractivity contribution in [2.24, 2.45) is 0 Å². The fourth-order valence-electron chi connectivity index (χ4n) is 3.89. The molecule has 0 spiro atoms. The normalized spacial score (nSPS) is 20.1. The van der Waals surface area contributed by atoms with E-state index in [4.69, 9.17) is 0 Å². The van der Waals surface area contributed by atoms with Gasteiger partial charge in [-0.15, -0.1) is 0 Å². The lowest BCUT2D eigenvalue weighted by Crippen LogP contribution is -2.40. The minimum Gasteiger partial charge on any atom is -0.350 e. The molecule has 156 valence electrons. The molecular formula is C23H24FN3O2S. The standard InChI is InChI=1S/C23H24FN3O2S/c1-2-27-11-5-7-17(27)14-25-22(28)16-9-10-20-19(12-16)26-23(29)21(30-20)13-15-6-3-4-8-18(15)24/h3-4,6,8-10,12-13,17H,2,5,7,11,14H2,1H3,(H,25,28)(H,26,29)/t17-/m1/s1. The van der Waals surface area contributed by atoms with Crippen molar-refractivity contribution in [2.45, 2.75) is 30.7 Å². The van der Waals surface area contributed by atoms with Gasteiger partial charge in [0.2, 0.25) is 0 Å². The number of thioether (sulfide) groups is 1. The van der Waals surface area contributed by atoms with Gasteiger partial charge in [-0.1, -0.05) is 36.9 Å². The van der Waals surface area contributed by atoms with E-state index in [0.717, 1.165) is 24.4 Å². The van der Waals surface area contributed by atoms with E-state index in [1.807, 2.05) is 6.07 Å². The number of halogens is 1. The Kier molecular flexibility index (Phi) is 6.20. The predicted molar refractivity (Wildman–Crippen MR) is 118 cm³/mol. The summed E-state index contributed by atoms with van der Waals surface area (Å²) in [6.45, 7) is 4.84. The molecule has 2 N–H and O–H groups in total. The third-order valence-electron chi connectivity index (χ3n) is 5.53. The average Bonchev–Trinajstić information content (AvgIpc) is 3.21. The first kappa shape index (κ1) is 20.6. The number of nitrogens with zero attached hydrogens (tertiary/aromatic N) is 1. The first-order valence-electron chi connectivity index (χ1n) is 10.2. The van der Waals surface area contributed by atoms with E-state index in [1.165, 1.54) is 24.2 Å². The number of anilines is 1. The minimum absolute atomic E-state index is 0.146. The molecule has 7 heteroatoms. The average molecular weight is 426 g/mol. The van der Waals surface area contributed by atoms with Crippen LogP contribution >= 0.6 is 11.8 Å². The van der Waals surface area contributed by atoms with Gasteiger partial charge < -0.3 is 10.6 Å². The smallest absolute Gasteiger partial charge is 0.262 e. The van der Waals surface area contributed by atoms with Gasteiger partial charge in [0.25, 0.3) is 11.8 Å². The Labute approximate surface area is 179 Å². The van der Waals surface area contributed by atoms with Crippen LogP contribution in [0.3, 0.4) is 0 Å². The fraction of sp³-hybridized carbons (Fsp3) is 0.304. The van der Waals surface area contributed by atoms with Gasteiger partial charge in [0.15, 0.2) is 0 Å². The highest BCUT2D eigenvalue weighted by atomic mass is 32.2. The lowest BCUT2D eigenvalue weighted by atomic mass is 10.1. The van der Waals surface area contributed by atoms with E-state index in [-0.39, 0.29) is 17.6 Å². The number of hydrogen-bond acceptors (Lipinski definition) is 4. The summed E-state index contributed by atoms with van der Waals surface area (Å²) in [7, 11) is 0. The first-order valence-corrected chi connectivity index (χ1v) is 11.0. The molecule has 0 aliphatic carbocycles. The molecule has 0 aromatic heterocycles. The summed E-state index contributed by atoms with van der Waals surface area (Å²) in [4.78, 5) is 28.7. The molecule has 1 atom stereocenters. The molecule has 2 aliphatic rings. The van der Waals surface area contributed by atoms with E-state index < -0.39 is 0 Å². The van der Waals surface area contributed by atoms with E-state index in [1.54, 1.807) is 36.4 Å². The van der Waals surface area contributed by atoms with Crippen LogP contribution in [0, 0.1) is 5.82 Å². The number of nitrogens with one attached hydrogen (secondary N) is 2. The van der Waals surface area contributed by atoms with Crippen LogP contribution in [-0.2, 0) is 4.79 Å². The van der Waals surface area contributed by atoms with Crippen molar-refractivity contribution in [3.8, 4) is 0 Å². The second-order valence-electron chi connectivity index (χ2n) is 7.43. The molecule has 30 heavy (non-hydrogen) atoms. The number of hydrogen-bond donors (Lipinski definition) is 2. The van der Waals surface area contributed by atoms with Gasteiger partial charge in [-0.05, 0) is 56.3 Å². The maximum Gasteiger partial charge on any atom is 0.262 e. The van der Waals surface area contributed by atoms with Crippen LogP contribution < -0.4 is 10.6 Å². The summed E-state index contributed by atoms with van der Waals surface area (Å²) < 4.78 is 13.9. The molecule has 2 amide bonds. The monoisotopic (exact) mass is 425 g/mol. The Hall–Kier alpha value is -2.64. The van der Waals surface area contributed by atoms with Crippen molar-refractivity contribution in [1.29, 1.82) is 0 Å². The van der Waals surface area contributed by atoms with Crippen LogP contribution in [0.15, 0.2) is 52.3 Å². The van der Waals surface area contributed by atoms with Crippen molar-refractivity contribution >= 4 is 35.3 Å². The molecule has 0 bridgehead atoms. The molecule has 1 saturated heterocycles. The summed E-state index contributed by atoms with van der Waals surface area (Å²) in [5.41, 5.74) is 1.47. The van der Waals surface area contributed by atoms with Crippen LogP contribution in [0.2, 0.25) is 0 Å². The van der Waals surface area contributed by atoms with E-state index in [0.29, 0.717) is 34.3 Å². The Bertz CT molecular complexity index is 1010. The van der Waals surface area contributed by atoms with Gasteiger partial charge >= 0.3 is 0 Å². The second kappa shape index (κ2) is 9.02. The molecule has 2 aromatic carbocycles. The Balaban J connectivity index is 1.46. The largest absolute Gasteiger partial charge is 0.350 e. The zero-order valence-corrected chi connectivity index (χ0v) is 17.6. The van der Waals surface area contributed by atoms with Gasteiger partial charge in [-0.2, -0.15) is 0 Å². The van der Waals surface area contributed by atoms with Crippen LogP contribution in [0.4, 0.5) is 10.1 Å². The van der Waals surface area contributed by atoms with Gasteiger partial charge in [0, 0.05) is 28.6 Å². The maximum absolute atomic E-state index is 13.9. The Morgan fingerprint density at radius 3 is 2.97 bits per heavy atom. The number of likely N-dealkylation sites (tertiary alicyclic amines) is 1. The lowest BCUT2D eigenvalue weighted by Gasteiger charge is -2.23. The highest BCUT2D eigenvalue weighted by molar-refractivity contribution is 8.04. The number of amides is 2. The van der Waals surface area contributed by atoms with Crippen molar-refractivity contribution in [2.75, 3.05) is 25.0 Å². The molecule has 2 heterocycles. The second-order valence-corrected chi connectivity index (χ2v) is 8.52. The van der Waals surface area contributed by atoms with Crippen molar-refractivity contribution < 1.29 is 14.0 Å². The molecule has 5 nitrogen and oxygen atoms in total. The third kappa shape index (κ3) is 4.42. The van der Waals surface area contributed by atoms with E-state index in [2.05, 4.69) is 22.5 Å². The maximum atomic E-state index is 13.9. The number of fused-ring (bicyclic) bond motifs is 1. The Morgan fingerprint density at radius 1 is 1.33 bits per heavy atom. The SMILES string of the molecule is CCN1CCC[C@@H]1CNC(=O)c1ccc2c(c1)NC(=O)C(=Cc1ccccc1F)S2. The number of likely N-dealkylation sites (N-methyl/N-ethyl adjacent to an activating group) is 1. The summed E-state index contributed by atoms with van der Waals surface area (Å²) >= 11 is 1.27. The van der Waals surface area contributed by atoms with Gasteiger partial charge in [-0.3, -0.25) is 14.5 Å². The number of benzene rings is 2. The van der Waals surface area contributed by atoms with Crippen LogP contribution in [0.1, 0.15) is 35.7 Å². The molecule has 0 radical (unpaired) electrons.